The molecule has 0 aliphatic carbocycles. The number of rotatable bonds is 4. The Morgan fingerprint density at radius 2 is 2.12 bits per heavy atom. The standard InChI is InChI=1S/C16H15FN6O2/c17-10-1-2-12-14(7-10)23(9-19-12)16-18-8-13(22-24)15(21-16)20-11-3-5-25-6-4-11/h1-2,7-9,11H,3-6H2,(H,18,20,21). The molecule has 8 nitrogen and oxygen atoms in total. The van der Waals surface area contributed by atoms with Crippen molar-refractivity contribution >= 4 is 22.5 Å². The summed E-state index contributed by atoms with van der Waals surface area (Å²) in [6.07, 6.45) is 4.50. The Bertz CT molecular complexity index is 922. The van der Waals surface area contributed by atoms with Crippen molar-refractivity contribution in [2.45, 2.75) is 18.9 Å². The summed E-state index contributed by atoms with van der Waals surface area (Å²) in [5.41, 5.74) is 1.30. The van der Waals surface area contributed by atoms with E-state index >= 15 is 0 Å². The van der Waals surface area contributed by atoms with Crippen LogP contribution in [0.5, 0.6) is 0 Å². The zero-order valence-corrected chi connectivity index (χ0v) is 13.2. The molecule has 3 aromatic rings. The van der Waals surface area contributed by atoms with Crippen molar-refractivity contribution in [2.75, 3.05) is 18.5 Å². The molecular weight excluding hydrogens is 327 g/mol. The molecule has 128 valence electrons. The maximum absolute atomic E-state index is 13.6. The summed E-state index contributed by atoms with van der Waals surface area (Å²) in [4.78, 5) is 23.8. The number of aromatic nitrogens is 4. The van der Waals surface area contributed by atoms with E-state index in [0.717, 1.165) is 12.8 Å². The molecule has 25 heavy (non-hydrogen) atoms. The van der Waals surface area contributed by atoms with Crippen LogP contribution in [-0.2, 0) is 4.74 Å². The minimum absolute atomic E-state index is 0.130. The van der Waals surface area contributed by atoms with E-state index in [1.165, 1.54) is 24.7 Å². The molecule has 1 aliphatic rings. The summed E-state index contributed by atoms with van der Waals surface area (Å²) in [6.45, 7) is 1.32. The van der Waals surface area contributed by atoms with Gasteiger partial charge in [-0.2, -0.15) is 4.98 Å². The van der Waals surface area contributed by atoms with Gasteiger partial charge in [-0.15, -0.1) is 4.91 Å². The van der Waals surface area contributed by atoms with Crippen LogP contribution < -0.4 is 5.32 Å². The monoisotopic (exact) mass is 342 g/mol. The maximum atomic E-state index is 13.6. The number of hydrogen-bond donors (Lipinski definition) is 1. The second-order valence-electron chi connectivity index (χ2n) is 5.77. The van der Waals surface area contributed by atoms with Crippen LogP contribution in [0, 0.1) is 10.7 Å². The number of ether oxygens (including phenoxy) is 1. The lowest BCUT2D eigenvalue weighted by molar-refractivity contribution is 0.0904. The number of benzene rings is 1. The molecular formula is C16H15FN6O2. The second-order valence-corrected chi connectivity index (χ2v) is 5.77. The van der Waals surface area contributed by atoms with Crippen LogP contribution in [-0.4, -0.2) is 38.8 Å². The number of fused-ring (bicyclic) bond motifs is 1. The Balaban J connectivity index is 1.73. The summed E-state index contributed by atoms with van der Waals surface area (Å²) in [5, 5.41) is 6.21. The summed E-state index contributed by atoms with van der Waals surface area (Å²) < 4.78 is 20.5. The normalized spacial score (nSPS) is 15.4. The number of nitrogens with one attached hydrogen (secondary N) is 1. The number of anilines is 1. The van der Waals surface area contributed by atoms with E-state index in [9.17, 15) is 9.30 Å². The van der Waals surface area contributed by atoms with E-state index < -0.39 is 0 Å². The van der Waals surface area contributed by atoms with Crippen molar-refractivity contribution in [3.63, 3.8) is 0 Å². The summed E-state index contributed by atoms with van der Waals surface area (Å²) in [5.74, 6) is 0.265. The van der Waals surface area contributed by atoms with Crippen molar-refractivity contribution < 1.29 is 9.13 Å². The quantitative estimate of drug-likeness (QED) is 0.733. The smallest absolute Gasteiger partial charge is 0.237 e. The molecule has 1 aromatic carbocycles. The molecule has 0 amide bonds. The van der Waals surface area contributed by atoms with E-state index in [4.69, 9.17) is 4.74 Å². The third-order valence-electron chi connectivity index (χ3n) is 4.14. The van der Waals surface area contributed by atoms with Gasteiger partial charge in [0.1, 0.15) is 12.1 Å². The van der Waals surface area contributed by atoms with Gasteiger partial charge in [0.05, 0.1) is 17.2 Å². The Hall–Kier alpha value is -2.94. The van der Waals surface area contributed by atoms with Gasteiger partial charge in [0.15, 0.2) is 11.5 Å². The van der Waals surface area contributed by atoms with Gasteiger partial charge in [-0.3, -0.25) is 4.57 Å². The highest BCUT2D eigenvalue weighted by Gasteiger charge is 2.18. The number of nitrogens with zero attached hydrogens (tertiary/aromatic N) is 5. The van der Waals surface area contributed by atoms with E-state index in [2.05, 4.69) is 25.4 Å². The number of halogens is 1. The maximum Gasteiger partial charge on any atom is 0.237 e. The first-order chi connectivity index (χ1) is 12.2. The Kier molecular flexibility index (Phi) is 4.06. The topological polar surface area (TPSA) is 94.3 Å². The second kappa shape index (κ2) is 6.52. The molecule has 1 N–H and O–H groups in total. The molecule has 0 spiro atoms. The van der Waals surface area contributed by atoms with Crippen molar-refractivity contribution in [1.82, 2.24) is 19.5 Å². The minimum atomic E-state index is -0.374. The first-order valence-corrected chi connectivity index (χ1v) is 7.92. The highest BCUT2D eigenvalue weighted by molar-refractivity contribution is 5.77. The first-order valence-electron chi connectivity index (χ1n) is 7.92. The van der Waals surface area contributed by atoms with Crippen molar-refractivity contribution in [3.8, 4) is 5.95 Å². The lowest BCUT2D eigenvalue weighted by Crippen LogP contribution is -2.28. The molecule has 3 heterocycles. The predicted octanol–water partition coefficient (Wildman–Crippen LogP) is 2.94. The van der Waals surface area contributed by atoms with Gasteiger partial charge in [0.2, 0.25) is 5.95 Å². The molecule has 0 unspecified atom stereocenters. The van der Waals surface area contributed by atoms with Crippen LogP contribution in [0.2, 0.25) is 0 Å². The molecule has 1 fully saturated rings. The van der Waals surface area contributed by atoms with Crippen molar-refractivity contribution in [1.29, 1.82) is 0 Å². The Morgan fingerprint density at radius 3 is 2.92 bits per heavy atom. The van der Waals surface area contributed by atoms with Crippen LogP contribution in [0.25, 0.3) is 17.0 Å². The van der Waals surface area contributed by atoms with Gasteiger partial charge >= 0.3 is 0 Å². The minimum Gasteiger partial charge on any atom is -0.381 e. The van der Waals surface area contributed by atoms with Crippen LogP contribution in [0.4, 0.5) is 15.9 Å². The zero-order valence-electron chi connectivity index (χ0n) is 13.2. The van der Waals surface area contributed by atoms with Crippen molar-refractivity contribution in [3.05, 3.63) is 41.4 Å². The van der Waals surface area contributed by atoms with E-state index in [1.807, 2.05) is 0 Å². The number of nitroso groups, excluding NO2 is 1. The highest BCUT2D eigenvalue weighted by atomic mass is 19.1. The average Bonchev–Trinajstić information content (AvgIpc) is 3.05. The van der Waals surface area contributed by atoms with Crippen LogP contribution in [0.1, 0.15) is 12.8 Å². The molecule has 2 aromatic heterocycles. The van der Waals surface area contributed by atoms with Gasteiger partial charge in [0, 0.05) is 25.3 Å². The largest absolute Gasteiger partial charge is 0.381 e. The SMILES string of the molecule is O=Nc1cnc(-n2cnc3ccc(F)cc32)nc1NC1CCOCC1. The molecule has 9 heteroatoms. The van der Waals surface area contributed by atoms with Crippen LogP contribution in [0.15, 0.2) is 35.9 Å². The van der Waals surface area contributed by atoms with Gasteiger partial charge in [0.25, 0.3) is 0 Å². The third-order valence-corrected chi connectivity index (χ3v) is 4.14. The molecule has 1 aliphatic heterocycles. The van der Waals surface area contributed by atoms with Gasteiger partial charge in [-0.25, -0.2) is 14.4 Å². The van der Waals surface area contributed by atoms with Crippen LogP contribution >= 0.6 is 0 Å². The van der Waals surface area contributed by atoms with E-state index in [-0.39, 0.29) is 23.5 Å². The lowest BCUT2D eigenvalue weighted by Gasteiger charge is -2.23. The highest BCUT2D eigenvalue weighted by Crippen LogP contribution is 2.26. The summed E-state index contributed by atoms with van der Waals surface area (Å²) in [6, 6.07) is 4.44. The Labute approximate surface area is 142 Å². The average molecular weight is 342 g/mol. The number of hydrogen-bond acceptors (Lipinski definition) is 7. The van der Waals surface area contributed by atoms with Crippen molar-refractivity contribution in [2.24, 2.45) is 5.18 Å². The third kappa shape index (κ3) is 3.05. The van der Waals surface area contributed by atoms with E-state index in [1.54, 1.807) is 10.6 Å². The molecule has 0 radical (unpaired) electrons. The fourth-order valence-corrected chi connectivity index (χ4v) is 2.83. The number of imidazole rings is 1. The fourth-order valence-electron chi connectivity index (χ4n) is 2.83. The molecule has 0 bridgehead atoms. The fraction of sp³-hybridized carbons (Fsp3) is 0.312. The van der Waals surface area contributed by atoms with Gasteiger partial charge < -0.3 is 10.1 Å². The van der Waals surface area contributed by atoms with Gasteiger partial charge in [-0.1, -0.05) is 0 Å². The molecule has 0 saturated carbocycles. The summed E-state index contributed by atoms with van der Waals surface area (Å²) >= 11 is 0. The Morgan fingerprint density at radius 1 is 1.28 bits per heavy atom. The lowest BCUT2D eigenvalue weighted by atomic mass is 10.1. The molecule has 4 rings (SSSR count). The zero-order chi connectivity index (χ0) is 17.2. The molecule has 0 atom stereocenters. The van der Waals surface area contributed by atoms with Crippen LogP contribution in [0.3, 0.4) is 0 Å². The predicted molar refractivity (Wildman–Crippen MR) is 89.5 cm³/mol. The molecule has 1 saturated heterocycles. The first kappa shape index (κ1) is 15.6. The van der Waals surface area contributed by atoms with Gasteiger partial charge in [-0.05, 0) is 30.2 Å². The summed E-state index contributed by atoms with van der Waals surface area (Å²) in [7, 11) is 0. The van der Waals surface area contributed by atoms with E-state index in [0.29, 0.717) is 30.1 Å².